The number of likely N-dealkylation sites (tertiary alicyclic amines) is 1. The molecule has 110 valence electrons. The van der Waals surface area contributed by atoms with Crippen LogP contribution in [0.4, 0.5) is 0 Å². The molecule has 0 amide bonds. The van der Waals surface area contributed by atoms with E-state index < -0.39 is 0 Å². The molecular weight excluding hydrogens is 285 g/mol. The molecule has 1 aromatic rings. The van der Waals surface area contributed by atoms with Crippen molar-refractivity contribution in [2.45, 2.75) is 38.8 Å². The molecule has 4 nitrogen and oxygen atoms in total. The third-order valence-electron chi connectivity index (χ3n) is 3.99. The lowest BCUT2D eigenvalue weighted by atomic mass is 10.1. The minimum Gasteiger partial charge on any atom is -0.448 e. The number of nitrogens with zero attached hydrogens (tertiary/aromatic N) is 2. The van der Waals surface area contributed by atoms with Crippen molar-refractivity contribution >= 4 is 24.8 Å². The predicted octanol–water partition coefficient (Wildman–Crippen LogP) is 2.44. The summed E-state index contributed by atoms with van der Waals surface area (Å²) in [5.41, 5.74) is 1.08. The van der Waals surface area contributed by atoms with Crippen molar-refractivity contribution in [1.82, 2.24) is 15.2 Å². The van der Waals surface area contributed by atoms with Crippen molar-refractivity contribution in [3.63, 3.8) is 0 Å². The molecule has 0 spiro atoms. The maximum Gasteiger partial charge on any atom is 0.196 e. The molecule has 1 N–H and O–H groups in total. The summed E-state index contributed by atoms with van der Waals surface area (Å²) >= 11 is 0. The number of hydrogen-bond acceptors (Lipinski definition) is 4. The van der Waals surface area contributed by atoms with E-state index in [0.717, 1.165) is 30.6 Å². The lowest BCUT2D eigenvalue weighted by Crippen LogP contribution is -2.33. The number of aromatic nitrogens is 1. The Morgan fingerprint density at radius 3 is 2.89 bits per heavy atom. The normalized spacial score (nSPS) is 26.1. The van der Waals surface area contributed by atoms with Crippen molar-refractivity contribution in [2.24, 2.45) is 5.92 Å². The monoisotopic (exact) mass is 307 g/mol. The van der Waals surface area contributed by atoms with Gasteiger partial charge in [-0.25, -0.2) is 4.98 Å². The van der Waals surface area contributed by atoms with E-state index in [0.29, 0.717) is 12.0 Å². The van der Waals surface area contributed by atoms with Crippen LogP contribution in [0.15, 0.2) is 10.7 Å². The summed E-state index contributed by atoms with van der Waals surface area (Å²) < 4.78 is 5.49. The molecule has 0 unspecified atom stereocenters. The van der Waals surface area contributed by atoms with E-state index in [4.69, 9.17) is 4.42 Å². The molecule has 1 aromatic heterocycles. The van der Waals surface area contributed by atoms with Crippen LogP contribution in [0.5, 0.6) is 0 Å². The second-order valence-electron chi connectivity index (χ2n) is 5.58. The highest BCUT2D eigenvalue weighted by molar-refractivity contribution is 5.85. The minimum atomic E-state index is 0. The van der Waals surface area contributed by atoms with Crippen LogP contribution in [0.25, 0.3) is 0 Å². The lowest BCUT2D eigenvalue weighted by Gasteiger charge is -2.21. The first-order chi connectivity index (χ1) is 8.24. The molecule has 2 aliphatic heterocycles. The summed E-state index contributed by atoms with van der Waals surface area (Å²) in [4.78, 5) is 7.11. The quantitative estimate of drug-likeness (QED) is 0.931. The molecule has 0 bridgehead atoms. The molecule has 2 aliphatic rings. The SMILES string of the molecule is CC(C)c1nc(CN2CC[C@H]3CNC[C@H]32)co1.Cl.Cl. The number of halogens is 2. The zero-order valence-electron chi connectivity index (χ0n) is 11.5. The molecule has 2 fully saturated rings. The second kappa shape index (κ2) is 6.93. The van der Waals surface area contributed by atoms with Gasteiger partial charge in [-0.2, -0.15) is 0 Å². The van der Waals surface area contributed by atoms with E-state index in [1.54, 1.807) is 0 Å². The summed E-state index contributed by atoms with van der Waals surface area (Å²) in [5.74, 6) is 2.09. The van der Waals surface area contributed by atoms with Gasteiger partial charge in [0, 0.05) is 25.0 Å². The van der Waals surface area contributed by atoms with Gasteiger partial charge in [-0.3, -0.25) is 4.90 Å². The van der Waals surface area contributed by atoms with Gasteiger partial charge in [-0.15, -0.1) is 24.8 Å². The Labute approximate surface area is 127 Å². The molecule has 6 heteroatoms. The maximum absolute atomic E-state index is 5.49. The fourth-order valence-electron chi connectivity index (χ4n) is 3.00. The Kier molecular flexibility index (Phi) is 6.12. The van der Waals surface area contributed by atoms with Gasteiger partial charge in [0.15, 0.2) is 5.89 Å². The van der Waals surface area contributed by atoms with Crippen molar-refractivity contribution in [2.75, 3.05) is 19.6 Å². The highest BCUT2D eigenvalue weighted by Crippen LogP contribution is 2.28. The van der Waals surface area contributed by atoms with Gasteiger partial charge in [-0.05, 0) is 25.4 Å². The first-order valence-electron chi connectivity index (χ1n) is 6.63. The van der Waals surface area contributed by atoms with Crippen molar-refractivity contribution in [3.8, 4) is 0 Å². The Morgan fingerprint density at radius 1 is 1.42 bits per heavy atom. The van der Waals surface area contributed by atoms with Crippen LogP contribution in [0.2, 0.25) is 0 Å². The van der Waals surface area contributed by atoms with E-state index >= 15 is 0 Å². The largest absolute Gasteiger partial charge is 0.448 e. The Balaban J connectivity index is 0.000000902. The van der Waals surface area contributed by atoms with Crippen LogP contribution < -0.4 is 5.32 Å². The molecule has 19 heavy (non-hydrogen) atoms. The number of oxazole rings is 1. The highest BCUT2D eigenvalue weighted by atomic mass is 35.5. The average molecular weight is 308 g/mol. The Hall–Kier alpha value is -0.290. The van der Waals surface area contributed by atoms with Gasteiger partial charge in [0.1, 0.15) is 6.26 Å². The third-order valence-corrected chi connectivity index (χ3v) is 3.99. The minimum absolute atomic E-state index is 0. The van der Waals surface area contributed by atoms with Crippen LogP contribution in [0.1, 0.15) is 37.8 Å². The van der Waals surface area contributed by atoms with Gasteiger partial charge >= 0.3 is 0 Å². The van der Waals surface area contributed by atoms with Gasteiger partial charge < -0.3 is 9.73 Å². The summed E-state index contributed by atoms with van der Waals surface area (Å²) in [5, 5.41) is 3.48. The topological polar surface area (TPSA) is 41.3 Å². The fraction of sp³-hybridized carbons (Fsp3) is 0.769. The summed E-state index contributed by atoms with van der Waals surface area (Å²) in [6.45, 7) is 8.71. The zero-order chi connectivity index (χ0) is 11.8. The summed E-state index contributed by atoms with van der Waals surface area (Å²) in [6, 6.07) is 0.717. The second-order valence-corrected chi connectivity index (χ2v) is 5.58. The van der Waals surface area contributed by atoms with Crippen LogP contribution in [-0.2, 0) is 6.54 Å². The van der Waals surface area contributed by atoms with Crippen molar-refractivity contribution in [3.05, 3.63) is 17.8 Å². The number of rotatable bonds is 3. The van der Waals surface area contributed by atoms with Gasteiger partial charge in [0.25, 0.3) is 0 Å². The van der Waals surface area contributed by atoms with Crippen LogP contribution in [0, 0.1) is 5.92 Å². The standard InChI is InChI=1S/C13H21N3O.2ClH/c1-9(2)13-15-11(8-17-13)7-16-4-3-10-5-14-6-12(10)16;;/h8-10,12,14H,3-7H2,1-2H3;2*1H/t10-,12+;;/m0../s1. The number of nitrogens with one attached hydrogen (secondary N) is 1. The molecule has 2 atom stereocenters. The van der Waals surface area contributed by atoms with Gasteiger partial charge in [-0.1, -0.05) is 13.8 Å². The molecule has 3 heterocycles. The molecular formula is C13H23Cl2N3O. The van der Waals surface area contributed by atoms with Crippen LogP contribution in [0.3, 0.4) is 0 Å². The van der Waals surface area contributed by atoms with E-state index in [-0.39, 0.29) is 24.8 Å². The molecule has 3 rings (SSSR count). The molecule has 0 saturated carbocycles. The first-order valence-corrected chi connectivity index (χ1v) is 6.63. The van der Waals surface area contributed by atoms with Crippen LogP contribution in [-0.4, -0.2) is 35.6 Å². The molecule has 0 aliphatic carbocycles. The zero-order valence-corrected chi connectivity index (χ0v) is 13.1. The first kappa shape index (κ1) is 16.8. The van der Waals surface area contributed by atoms with Crippen molar-refractivity contribution in [1.29, 1.82) is 0 Å². The molecule has 0 aromatic carbocycles. The molecule has 0 radical (unpaired) electrons. The van der Waals surface area contributed by atoms with E-state index in [2.05, 4.69) is 29.0 Å². The maximum atomic E-state index is 5.49. The smallest absolute Gasteiger partial charge is 0.196 e. The van der Waals surface area contributed by atoms with Crippen LogP contribution >= 0.6 is 24.8 Å². The fourth-order valence-corrected chi connectivity index (χ4v) is 3.00. The summed E-state index contributed by atoms with van der Waals surface area (Å²) in [6.07, 6.45) is 3.15. The van der Waals surface area contributed by atoms with Crippen molar-refractivity contribution < 1.29 is 4.42 Å². The lowest BCUT2D eigenvalue weighted by molar-refractivity contribution is 0.241. The Morgan fingerprint density at radius 2 is 2.21 bits per heavy atom. The van der Waals surface area contributed by atoms with Gasteiger partial charge in [0.05, 0.1) is 5.69 Å². The average Bonchev–Trinajstić information content (AvgIpc) is 2.96. The Bertz CT molecular complexity index is 397. The molecule has 2 saturated heterocycles. The highest BCUT2D eigenvalue weighted by Gasteiger charge is 2.37. The predicted molar refractivity (Wildman–Crippen MR) is 80.3 cm³/mol. The van der Waals surface area contributed by atoms with E-state index in [9.17, 15) is 0 Å². The number of hydrogen-bond donors (Lipinski definition) is 1. The van der Waals surface area contributed by atoms with Gasteiger partial charge in [0.2, 0.25) is 0 Å². The third kappa shape index (κ3) is 3.43. The van der Waals surface area contributed by atoms with E-state index in [1.807, 2.05) is 6.26 Å². The number of fused-ring (bicyclic) bond motifs is 1. The summed E-state index contributed by atoms with van der Waals surface area (Å²) in [7, 11) is 0. The van der Waals surface area contributed by atoms with E-state index in [1.165, 1.54) is 19.5 Å².